The maximum absolute atomic E-state index is 13.8. The third-order valence-electron chi connectivity index (χ3n) is 3.22. The summed E-state index contributed by atoms with van der Waals surface area (Å²) in [5.41, 5.74) is 1.50. The van der Waals surface area contributed by atoms with E-state index in [1.807, 2.05) is 31.2 Å². The van der Waals surface area contributed by atoms with Crippen molar-refractivity contribution in [3.8, 4) is 17.1 Å². The SMILES string of the molecule is CCOc1ccccc1CSc1n[nH]c(-c2ccccc2F)n1. The summed E-state index contributed by atoms with van der Waals surface area (Å²) in [5, 5.41) is 7.51. The second-order valence-electron chi connectivity index (χ2n) is 4.78. The molecule has 1 aromatic heterocycles. The summed E-state index contributed by atoms with van der Waals surface area (Å²) in [6.45, 7) is 2.58. The normalized spacial score (nSPS) is 10.7. The van der Waals surface area contributed by atoms with Gasteiger partial charge in [-0.3, -0.25) is 5.10 Å². The number of aromatic nitrogens is 3. The van der Waals surface area contributed by atoms with Gasteiger partial charge in [0, 0.05) is 11.3 Å². The molecule has 2 aromatic carbocycles. The van der Waals surface area contributed by atoms with Gasteiger partial charge in [0.2, 0.25) is 5.16 Å². The maximum Gasteiger partial charge on any atom is 0.209 e. The fourth-order valence-electron chi connectivity index (χ4n) is 2.15. The summed E-state index contributed by atoms with van der Waals surface area (Å²) < 4.78 is 19.4. The number of nitrogens with zero attached hydrogens (tertiary/aromatic N) is 2. The van der Waals surface area contributed by atoms with Crippen LogP contribution in [-0.2, 0) is 5.75 Å². The van der Waals surface area contributed by atoms with Crippen LogP contribution in [0.4, 0.5) is 4.39 Å². The molecule has 0 saturated heterocycles. The molecule has 0 radical (unpaired) electrons. The third kappa shape index (κ3) is 3.71. The van der Waals surface area contributed by atoms with E-state index in [2.05, 4.69) is 15.2 Å². The minimum Gasteiger partial charge on any atom is -0.494 e. The van der Waals surface area contributed by atoms with Gasteiger partial charge >= 0.3 is 0 Å². The lowest BCUT2D eigenvalue weighted by Crippen LogP contribution is -1.95. The molecule has 0 saturated carbocycles. The smallest absolute Gasteiger partial charge is 0.209 e. The number of halogens is 1. The number of H-pyrrole nitrogens is 1. The lowest BCUT2D eigenvalue weighted by atomic mass is 10.2. The number of thioether (sulfide) groups is 1. The summed E-state index contributed by atoms with van der Waals surface area (Å²) in [4.78, 5) is 4.35. The molecule has 0 aliphatic rings. The van der Waals surface area contributed by atoms with Gasteiger partial charge in [0.05, 0.1) is 12.2 Å². The average molecular weight is 329 g/mol. The quantitative estimate of drug-likeness (QED) is 0.685. The number of rotatable bonds is 6. The summed E-state index contributed by atoms with van der Waals surface area (Å²) >= 11 is 1.48. The van der Waals surface area contributed by atoms with E-state index < -0.39 is 0 Å². The zero-order valence-corrected chi connectivity index (χ0v) is 13.4. The van der Waals surface area contributed by atoms with Crippen LogP contribution in [0.2, 0.25) is 0 Å². The van der Waals surface area contributed by atoms with E-state index in [1.54, 1.807) is 18.2 Å². The van der Waals surface area contributed by atoms with Gasteiger partial charge in [0.25, 0.3) is 0 Å². The number of benzene rings is 2. The van der Waals surface area contributed by atoms with Gasteiger partial charge in [-0.05, 0) is 25.1 Å². The van der Waals surface area contributed by atoms with Gasteiger partial charge in [-0.1, -0.05) is 42.1 Å². The van der Waals surface area contributed by atoms with Crippen LogP contribution in [0.15, 0.2) is 53.7 Å². The van der Waals surface area contributed by atoms with Crippen molar-refractivity contribution in [1.29, 1.82) is 0 Å². The molecule has 0 unspecified atom stereocenters. The second-order valence-corrected chi connectivity index (χ2v) is 5.72. The molecule has 1 heterocycles. The van der Waals surface area contributed by atoms with Crippen molar-refractivity contribution in [2.24, 2.45) is 0 Å². The number of hydrogen-bond donors (Lipinski definition) is 1. The zero-order chi connectivity index (χ0) is 16.1. The van der Waals surface area contributed by atoms with Crippen molar-refractivity contribution in [3.05, 3.63) is 59.9 Å². The van der Waals surface area contributed by atoms with Crippen molar-refractivity contribution >= 4 is 11.8 Å². The predicted molar refractivity (Wildman–Crippen MR) is 88.9 cm³/mol. The largest absolute Gasteiger partial charge is 0.494 e. The number of ether oxygens (including phenoxy) is 1. The number of hydrogen-bond acceptors (Lipinski definition) is 4. The van der Waals surface area contributed by atoms with Crippen molar-refractivity contribution < 1.29 is 9.13 Å². The molecule has 0 aliphatic carbocycles. The fraction of sp³-hybridized carbons (Fsp3) is 0.176. The Morgan fingerprint density at radius 2 is 1.91 bits per heavy atom. The van der Waals surface area contributed by atoms with E-state index in [9.17, 15) is 4.39 Å². The lowest BCUT2D eigenvalue weighted by Gasteiger charge is -2.08. The first-order valence-electron chi connectivity index (χ1n) is 7.28. The van der Waals surface area contributed by atoms with E-state index in [0.29, 0.717) is 28.9 Å². The molecule has 23 heavy (non-hydrogen) atoms. The van der Waals surface area contributed by atoms with Gasteiger partial charge in [-0.2, -0.15) is 0 Å². The Kier molecular flexibility index (Phi) is 4.92. The van der Waals surface area contributed by atoms with Crippen LogP contribution in [0.5, 0.6) is 5.75 Å². The minimum atomic E-state index is -0.318. The van der Waals surface area contributed by atoms with Crippen LogP contribution in [-0.4, -0.2) is 21.8 Å². The molecule has 0 bridgehead atoms. The molecule has 3 rings (SSSR count). The first kappa shape index (κ1) is 15.6. The van der Waals surface area contributed by atoms with Gasteiger partial charge in [-0.25, -0.2) is 9.37 Å². The minimum absolute atomic E-state index is 0.318. The van der Waals surface area contributed by atoms with Gasteiger partial charge in [-0.15, -0.1) is 5.10 Å². The zero-order valence-electron chi connectivity index (χ0n) is 12.6. The van der Waals surface area contributed by atoms with Gasteiger partial charge < -0.3 is 4.74 Å². The van der Waals surface area contributed by atoms with Gasteiger partial charge in [0.15, 0.2) is 5.82 Å². The third-order valence-corrected chi connectivity index (χ3v) is 4.12. The summed E-state index contributed by atoms with van der Waals surface area (Å²) in [7, 11) is 0. The molecule has 0 fully saturated rings. The van der Waals surface area contributed by atoms with E-state index in [1.165, 1.54) is 17.8 Å². The summed E-state index contributed by atoms with van der Waals surface area (Å²) in [5.74, 6) is 1.67. The highest BCUT2D eigenvalue weighted by Crippen LogP contribution is 2.27. The first-order chi connectivity index (χ1) is 11.3. The van der Waals surface area contributed by atoms with E-state index in [0.717, 1.165) is 11.3 Å². The van der Waals surface area contributed by atoms with Crippen LogP contribution < -0.4 is 4.74 Å². The highest BCUT2D eigenvalue weighted by atomic mass is 32.2. The topological polar surface area (TPSA) is 50.8 Å². The molecule has 6 heteroatoms. The average Bonchev–Trinajstić information content (AvgIpc) is 3.03. The van der Waals surface area contributed by atoms with E-state index in [-0.39, 0.29) is 5.82 Å². The van der Waals surface area contributed by atoms with Crippen LogP contribution in [0.3, 0.4) is 0 Å². The monoisotopic (exact) mass is 329 g/mol. The standard InChI is InChI=1S/C17H16FN3OS/c1-2-22-15-10-6-3-7-12(15)11-23-17-19-16(20-21-17)13-8-4-5-9-14(13)18/h3-10H,2,11H2,1H3,(H,19,20,21). The Morgan fingerprint density at radius 1 is 1.13 bits per heavy atom. The molecular weight excluding hydrogens is 313 g/mol. The Bertz CT molecular complexity index is 791. The maximum atomic E-state index is 13.8. The molecule has 0 atom stereocenters. The van der Waals surface area contributed by atoms with E-state index >= 15 is 0 Å². The first-order valence-corrected chi connectivity index (χ1v) is 8.27. The summed E-state index contributed by atoms with van der Waals surface area (Å²) in [6, 6.07) is 14.4. The predicted octanol–water partition coefficient (Wildman–Crippen LogP) is 4.30. The van der Waals surface area contributed by atoms with Crippen molar-refractivity contribution in [2.45, 2.75) is 17.8 Å². The van der Waals surface area contributed by atoms with Crippen LogP contribution in [0.1, 0.15) is 12.5 Å². The Hall–Kier alpha value is -2.34. The number of para-hydroxylation sites is 1. The Balaban J connectivity index is 1.72. The van der Waals surface area contributed by atoms with Gasteiger partial charge in [0.1, 0.15) is 11.6 Å². The molecule has 0 spiro atoms. The molecule has 3 aromatic rings. The summed E-state index contributed by atoms with van der Waals surface area (Å²) in [6.07, 6.45) is 0. The molecule has 1 N–H and O–H groups in total. The molecule has 4 nitrogen and oxygen atoms in total. The molecule has 0 aliphatic heterocycles. The highest BCUT2D eigenvalue weighted by Gasteiger charge is 2.11. The molecule has 0 amide bonds. The Morgan fingerprint density at radius 3 is 2.74 bits per heavy atom. The number of nitrogens with one attached hydrogen (secondary N) is 1. The Labute approximate surface area is 138 Å². The van der Waals surface area contributed by atoms with Crippen LogP contribution >= 0.6 is 11.8 Å². The van der Waals surface area contributed by atoms with E-state index in [4.69, 9.17) is 4.74 Å². The van der Waals surface area contributed by atoms with Crippen molar-refractivity contribution in [2.75, 3.05) is 6.61 Å². The van der Waals surface area contributed by atoms with Crippen LogP contribution in [0.25, 0.3) is 11.4 Å². The highest BCUT2D eigenvalue weighted by molar-refractivity contribution is 7.98. The van der Waals surface area contributed by atoms with Crippen molar-refractivity contribution in [3.63, 3.8) is 0 Å². The molecule has 118 valence electrons. The number of aromatic amines is 1. The molecular formula is C17H16FN3OS. The van der Waals surface area contributed by atoms with Crippen molar-refractivity contribution in [1.82, 2.24) is 15.2 Å². The lowest BCUT2D eigenvalue weighted by molar-refractivity contribution is 0.337. The van der Waals surface area contributed by atoms with Crippen LogP contribution in [0, 0.1) is 5.82 Å². The fourth-order valence-corrected chi connectivity index (χ4v) is 2.94. The second kappa shape index (κ2) is 7.28.